The molecular weight excluding hydrogens is 334 g/mol. The molecule has 2 rings (SSSR count). The van der Waals surface area contributed by atoms with Crippen molar-refractivity contribution >= 4 is 11.9 Å². The van der Waals surface area contributed by atoms with E-state index in [1.165, 1.54) is 0 Å². The van der Waals surface area contributed by atoms with E-state index < -0.39 is 5.97 Å². The molecule has 0 atom stereocenters. The Morgan fingerprint density at radius 3 is 2.15 bits per heavy atom. The summed E-state index contributed by atoms with van der Waals surface area (Å²) >= 11 is 0. The first-order valence-corrected chi connectivity index (χ1v) is 8.44. The summed E-state index contributed by atoms with van der Waals surface area (Å²) in [5.41, 5.74) is 1.47. The molecule has 0 aliphatic heterocycles. The third kappa shape index (κ3) is 6.47. The van der Waals surface area contributed by atoms with Crippen LogP contribution < -0.4 is 14.8 Å². The second-order valence-corrected chi connectivity index (χ2v) is 5.54. The van der Waals surface area contributed by atoms with Crippen LogP contribution in [0.4, 0.5) is 0 Å². The number of nitrogens with one attached hydrogen (secondary N) is 1. The number of hydrogen-bond acceptors (Lipinski definition) is 5. The summed E-state index contributed by atoms with van der Waals surface area (Å²) in [6, 6.07) is 14.2. The lowest BCUT2D eigenvalue weighted by atomic mass is 10.1. The van der Waals surface area contributed by atoms with Crippen LogP contribution in [0, 0.1) is 6.92 Å². The number of hydrogen-bond donors (Lipinski definition) is 1. The monoisotopic (exact) mass is 357 g/mol. The summed E-state index contributed by atoms with van der Waals surface area (Å²) in [5.74, 6) is 0.573. The zero-order valence-corrected chi connectivity index (χ0v) is 15.0. The summed E-state index contributed by atoms with van der Waals surface area (Å²) in [5, 5.41) is 2.63. The summed E-state index contributed by atoms with van der Waals surface area (Å²) in [6.07, 6.45) is 0. The van der Waals surface area contributed by atoms with Crippen LogP contribution in [0.5, 0.6) is 11.5 Å². The molecular formula is C20H23NO5. The summed E-state index contributed by atoms with van der Waals surface area (Å²) < 4.78 is 15.8. The van der Waals surface area contributed by atoms with Gasteiger partial charge < -0.3 is 19.5 Å². The number of amides is 1. The normalized spacial score (nSPS) is 10.1. The maximum atomic E-state index is 11.8. The second-order valence-electron chi connectivity index (χ2n) is 5.54. The predicted molar refractivity (Wildman–Crippen MR) is 97.6 cm³/mol. The fourth-order valence-electron chi connectivity index (χ4n) is 2.11. The van der Waals surface area contributed by atoms with Gasteiger partial charge in [-0.15, -0.1) is 0 Å². The van der Waals surface area contributed by atoms with Crippen molar-refractivity contribution < 1.29 is 23.8 Å². The quantitative estimate of drug-likeness (QED) is 0.552. The number of rotatable bonds is 9. The molecule has 0 spiro atoms. The maximum absolute atomic E-state index is 11.8. The fourth-order valence-corrected chi connectivity index (χ4v) is 2.11. The molecule has 0 radical (unpaired) electrons. The molecule has 0 saturated heterocycles. The van der Waals surface area contributed by atoms with Gasteiger partial charge in [0.1, 0.15) is 18.1 Å². The molecule has 6 heteroatoms. The Hall–Kier alpha value is -3.02. The minimum atomic E-state index is -0.522. The Morgan fingerprint density at radius 1 is 0.923 bits per heavy atom. The van der Waals surface area contributed by atoms with Gasteiger partial charge in [-0.25, -0.2) is 4.79 Å². The van der Waals surface area contributed by atoms with Crippen LogP contribution in [-0.4, -0.2) is 38.2 Å². The number of carbonyl (C=O) groups excluding carboxylic acids is 2. The third-order valence-electron chi connectivity index (χ3n) is 3.45. The minimum Gasteiger partial charge on any atom is -0.494 e. The zero-order chi connectivity index (χ0) is 18.8. The van der Waals surface area contributed by atoms with Crippen LogP contribution in [0.25, 0.3) is 0 Å². The van der Waals surface area contributed by atoms with Gasteiger partial charge in [-0.05, 0) is 50.2 Å². The summed E-state index contributed by atoms with van der Waals surface area (Å²) in [6.45, 7) is 4.76. The molecule has 6 nitrogen and oxygen atoms in total. The van der Waals surface area contributed by atoms with Crippen LogP contribution in [0.2, 0.25) is 0 Å². The number of esters is 1. The van der Waals surface area contributed by atoms with Crippen LogP contribution in [-0.2, 0) is 9.53 Å². The fraction of sp³-hybridized carbons (Fsp3) is 0.300. The minimum absolute atomic E-state index is 0.311. The number of aryl methyl sites for hydroxylation is 1. The summed E-state index contributed by atoms with van der Waals surface area (Å²) in [7, 11) is 0. The molecule has 0 fully saturated rings. The highest BCUT2D eigenvalue weighted by Crippen LogP contribution is 2.17. The van der Waals surface area contributed by atoms with E-state index in [2.05, 4.69) is 5.32 Å². The lowest BCUT2D eigenvalue weighted by Crippen LogP contribution is -2.32. The highest BCUT2D eigenvalue weighted by molar-refractivity contribution is 5.91. The second kappa shape index (κ2) is 10.1. The van der Waals surface area contributed by atoms with E-state index in [0.717, 1.165) is 11.3 Å². The molecule has 0 heterocycles. The number of benzene rings is 2. The number of carbonyl (C=O) groups is 2. The Morgan fingerprint density at radius 2 is 1.54 bits per heavy atom. The van der Waals surface area contributed by atoms with Crippen molar-refractivity contribution in [2.45, 2.75) is 13.8 Å². The first-order valence-electron chi connectivity index (χ1n) is 8.44. The number of ether oxygens (including phenoxy) is 3. The van der Waals surface area contributed by atoms with E-state index in [-0.39, 0.29) is 12.5 Å². The molecule has 0 bridgehead atoms. The molecule has 0 aromatic heterocycles. The Bertz CT molecular complexity index is 710. The van der Waals surface area contributed by atoms with Gasteiger partial charge in [0, 0.05) is 0 Å². The SMILES string of the molecule is CCOc1ccc(OCCNC(=O)COC(=O)c2ccc(C)cc2)cc1. The van der Waals surface area contributed by atoms with E-state index in [9.17, 15) is 9.59 Å². The van der Waals surface area contributed by atoms with Gasteiger partial charge in [0.25, 0.3) is 5.91 Å². The molecule has 1 amide bonds. The average molecular weight is 357 g/mol. The third-order valence-corrected chi connectivity index (χ3v) is 3.45. The first kappa shape index (κ1) is 19.3. The molecule has 1 N–H and O–H groups in total. The largest absolute Gasteiger partial charge is 0.494 e. The molecule has 0 unspecified atom stereocenters. The maximum Gasteiger partial charge on any atom is 0.338 e. The smallest absolute Gasteiger partial charge is 0.338 e. The van der Waals surface area contributed by atoms with Crippen LogP contribution in [0.15, 0.2) is 48.5 Å². The van der Waals surface area contributed by atoms with Crippen LogP contribution in [0.3, 0.4) is 0 Å². The Kier molecular flexibility index (Phi) is 7.49. The molecule has 26 heavy (non-hydrogen) atoms. The first-order chi connectivity index (χ1) is 12.6. The van der Waals surface area contributed by atoms with E-state index in [1.54, 1.807) is 24.3 Å². The zero-order valence-electron chi connectivity index (χ0n) is 15.0. The van der Waals surface area contributed by atoms with Crippen molar-refractivity contribution in [2.75, 3.05) is 26.4 Å². The van der Waals surface area contributed by atoms with Gasteiger partial charge in [-0.2, -0.15) is 0 Å². The highest BCUT2D eigenvalue weighted by atomic mass is 16.5. The summed E-state index contributed by atoms with van der Waals surface area (Å²) in [4.78, 5) is 23.5. The molecule has 2 aromatic carbocycles. The van der Waals surface area contributed by atoms with Crippen molar-refractivity contribution in [2.24, 2.45) is 0 Å². The van der Waals surface area contributed by atoms with E-state index in [1.807, 2.05) is 38.1 Å². The van der Waals surface area contributed by atoms with Gasteiger partial charge in [-0.1, -0.05) is 17.7 Å². The molecule has 2 aromatic rings. The lowest BCUT2D eigenvalue weighted by Gasteiger charge is -2.09. The van der Waals surface area contributed by atoms with Crippen molar-refractivity contribution in [3.63, 3.8) is 0 Å². The van der Waals surface area contributed by atoms with Crippen LogP contribution in [0.1, 0.15) is 22.8 Å². The van der Waals surface area contributed by atoms with Gasteiger partial charge in [0.15, 0.2) is 6.61 Å². The van der Waals surface area contributed by atoms with Crippen molar-refractivity contribution in [1.29, 1.82) is 0 Å². The van der Waals surface area contributed by atoms with E-state index in [0.29, 0.717) is 31.1 Å². The van der Waals surface area contributed by atoms with Crippen molar-refractivity contribution in [1.82, 2.24) is 5.32 Å². The molecule has 0 aliphatic rings. The average Bonchev–Trinajstić information content (AvgIpc) is 2.65. The van der Waals surface area contributed by atoms with Gasteiger partial charge in [0.05, 0.1) is 18.7 Å². The highest BCUT2D eigenvalue weighted by Gasteiger charge is 2.09. The molecule has 0 aliphatic carbocycles. The molecule has 138 valence electrons. The van der Waals surface area contributed by atoms with E-state index in [4.69, 9.17) is 14.2 Å². The Labute approximate surface area is 153 Å². The standard InChI is InChI=1S/C20H23NO5/c1-3-24-17-8-10-18(11-9-17)25-13-12-21-19(22)14-26-20(23)16-6-4-15(2)5-7-16/h4-11H,3,12-14H2,1-2H3,(H,21,22). The van der Waals surface area contributed by atoms with Crippen molar-refractivity contribution in [3.8, 4) is 11.5 Å². The van der Waals surface area contributed by atoms with Gasteiger partial charge in [0.2, 0.25) is 0 Å². The van der Waals surface area contributed by atoms with E-state index >= 15 is 0 Å². The van der Waals surface area contributed by atoms with Gasteiger partial charge in [-0.3, -0.25) is 4.79 Å². The van der Waals surface area contributed by atoms with Crippen molar-refractivity contribution in [3.05, 3.63) is 59.7 Å². The van der Waals surface area contributed by atoms with Gasteiger partial charge >= 0.3 is 5.97 Å². The lowest BCUT2D eigenvalue weighted by molar-refractivity contribution is -0.124. The topological polar surface area (TPSA) is 73.9 Å². The molecule has 0 saturated carbocycles. The Balaban J connectivity index is 1.62. The van der Waals surface area contributed by atoms with Crippen LogP contribution >= 0.6 is 0 Å². The predicted octanol–water partition coefficient (Wildman–Crippen LogP) is 2.75.